The van der Waals surface area contributed by atoms with E-state index in [1.807, 2.05) is 0 Å². The molecule has 4 rings (SSSR count). The van der Waals surface area contributed by atoms with Crippen molar-refractivity contribution in [3.8, 4) is 40.0 Å². The maximum Gasteiger partial charge on any atom is 0.445 e. The number of sulfonamides is 1. The summed E-state index contributed by atoms with van der Waals surface area (Å²) in [5.41, 5.74) is 0.0207. The second-order valence-electron chi connectivity index (χ2n) is 7.81. The Bertz CT molecular complexity index is 1730. The van der Waals surface area contributed by atoms with Gasteiger partial charge in [-0.3, -0.25) is 0 Å². The average Bonchev–Trinajstić information content (AvgIpc) is 3.44. The molecule has 0 saturated carbocycles. The molecule has 10 nitrogen and oxygen atoms in total. The van der Waals surface area contributed by atoms with Crippen LogP contribution in [0.15, 0.2) is 71.1 Å². The SMILES string of the molecule is COc1ccc(-c2ccc(S(=O)(=O)NCP(=O)(Oc3ccc(C#N)c(F)c3)Oc3ccc(C#N)c(F)c3)s2)cn1. The van der Waals surface area contributed by atoms with Crippen molar-refractivity contribution in [1.82, 2.24) is 9.71 Å². The van der Waals surface area contributed by atoms with E-state index in [0.29, 0.717) is 16.3 Å². The summed E-state index contributed by atoms with van der Waals surface area (Å²) in [5.74, 6) is -2.24. The smallest absolute Gasteiger partial charge is 0.445 e. The summed E-state index contributed by atoms with van der Waals surface area (Å²) in [6, 6.07) is 15.4. The van der Waals surface area contributed by atoms with Crippen molar-refractivity contribution in [2.75, 3.05) is 13.4 Å². The molecule has 2 heterocycles. The molecule has 1 N–H and O–H groups in total. The van der Waals surface area contributed by atoms with Crippen LogP contribution in [0.5, 0.6) is 17.4 Å². The molecule has 0 aliphatic heterocycles. The van der Waals surface area contributed by atoms with Gasteiger partial charge in [-0.15, -0.1) is 11.3 Å². The van der Waals surface area contributed by atoms with Crippen molar-refractivity contribution < 1.29 is 35.5 Å². The topological polar surface area (TPSA) is 151 Å². The first-order chi connectivity index (χ1) is 19.1. The summed E-state index contributed by atoms with van der Waals surface area (Å²) in [6.45, 7) is 0. The number of aromatic nitrogens is 1. The Morgan fingerprint density at radius 3 is 2.02 bits per heavy atom. The van der Waals surface area contributed by atoms with Gasteiger partial charge in [0, 0.05) is 34.8 Å². The van der Waals surface area contributed by atoms with E-state index >= 15 is 0 Å². The number of pyridine rings is 1. The van der Waals surface area contributed by atoms with Gasteiger partial charge in [-0.25, -0.2) is 26.7 Å². The molecule has 0 fully saturated rings. The molecule has 4 aromatic rings. The number of rotatable bonds is 10. The molecule has 0 atom stereocenters. The molecule has 0 bridgehead atoms. The lowest BCUT2D eigenvalue weighted by Crippen LogP contribution is -2.26. The highest BCUT2D eigenvalue weighted by Gasteiger charge is 2.32. The number of hydrogen-bond donors (Lipinski definition) is 1. The van der Waals surface area contributed by atoms with Crippen LogP contribution >= 0.6 is 18.9 Å². The van der Waals surface area contributed by atoms with Crippen molar-refractivity contribution in [1.29, 1.82) is 10.5 Å². The van der Waals surface area contributed by atoms with Gasteiger partial charge in [0.2, 0.25) is 5.88 Å². The Morgan fingerprint density at radius 1 is 0.950 bits per heavy atom. The number of halogens is 2. The minimum atomic E-state index is -4.54. The fourth-order valence-electron chi connectivity index (χ4n) is 3.19. The molecule has 0 saturated heterocycles. The third-order valence-corrected chi connectivity index (χ3v) is 9.90. The lowest BCUT2D eigenvalue weighted by Gasteiger charge is -2.20. The molecule has 15 heteroatoms. The number of methoxy groups -OCH3 is 1. The van der Waals surface area contributed by atoms with Crippen LogP contribution in [0.25, 0.3) is 10.4 Å². The number of thiophene rings is 1. The van der Waals surface area contributed by atoms with Crippen LogP contribution in [0.4, 0.5) is 8.78 Å². The number of benzene rings is 2. The van der Waals surface area contributed by atoms with Gasteiger partial charge in [0.25, 0.3) is 10.0 Å². The van der Waals surface area contributed by atoms with E-state index in [2.05, 4.69) is 9.71 Å². The molecule has 0 aliphatic rings. The number of hydrogen-bond acceptors (Lipinski definition) is 10. The minimum Gasteiger partial charge on any atom is -0.481 e. The van der Waals surface area contributed by atoms with Crippen LogP contribution in [-0.4, -0.2) is 26.8 Å². The largest absolute Gasteiger partial charge is 0.481 e. The normalized spacial score (nSPS) is 11.3. The summed E-state index contributed by atoms with van der Waals surface area (Å²) in [4.78, 5) is 4.66. The van der Waals surface area contributed by atoms with E-state index in [0.717, 1.165) is 47.7 Å². The Kier molecular flexibility index (Phi) is 8.47. The van der Waals surface area contributed by atoms with E-state index in [1.165, 1.54) is 19.4 Å². The number of nitriles is 2. The first kappa shape index (κ1) is 28.7. The van der Waals surface area contributed by atoms with Crippen LogP contribution < -0.4 is 18.5 Å². The molecule has 40 heavy (non-hydrogen) atoms. The second kappa shape index (κ2) is 11.8. The molecule has 0 amide bonds. The Balaban J connectivity index is 1.59. The minimum absolute atomic E-state index is 0.126. The summed E-state index contributed by atoms with van der Waals surface area (Å²) >= 11 is 0.914. The van der Waals surface area contributed by atoms with Crippen LogP contribution in [0.1, 0.15) is 11.1 Å². The van der Waals surface area contributed by atoms with Crippen molar-refractivity contribution >= 4 is 29.0 Å². The molecular formula is C25H17F2N4O6PS2. The Morgan fingerprint density at radius 2 is 1.55 bits per heavy atom. The van der Waals surface area contributed by atoms with Gasteiger partial charge in [0.05, 0.1) is 18.2 Å². The zero-order chi connectivity index (χ0) is 28.9. The van der Waals surface area contributed by atoms with Crippen LogP contribution in [0.3, 0.4) is 0 Å². The van der Waals surface area contributed by atoms with Crippen LogP contribution in [-0.2, 0) is 14.6 Å². The molecule has 0 spiro atoms. The maximum atomic E-state index is 14.1. The number of ether oxygens (including phenoxy) is 1. The monoisotopic (exact) mass is 602 g/mol. The lowest BCUT2D eigenvalue weighted by molar-refractivity contribution is 0.382. The van der Waals surface area contributed by atoms with Crippen LogP contribution in [0, 0.1) is 34.3 Å². The van der Waals surface area contributed by atoms with Gasteiger partial charge in [0.15, 0.2) is 0 Å². The van der Waals surface area contributed by atoms with Crippen molar-refractivity contribution in [2.45, 2.75) is 4.21 Å². The highest BCUT2D eigenvalue weighted by molar-refractivity contribution is 7.92. The van der Waals surface area contributed by atoms with Crippen molar-refractivity contribution in [3.63, 3.8) is 0 Å². The van der Waals surface area contributed by atoms with Gasteiger partial charge in [-0.05, 0) is 42.5 Å². The summed E-state index contributed by atoms with van der Waals surface area (Å²) < 4.78 is 85.8. The van der Waals surface area contributed by atoms with Gasteiger partial charge >= 0.3 is 7.60 Å². The molecule has 0 unspecified atom stereocenters. The highest BCUT2D eigenvalue weighted by atomic mass is 32.2. The average molecular weight is 603 g/mol. The molecule has 204 valence electrons. The first-order valence-corrected chi connectivity index (χ1v) is 15.1. The molecule has 2 aromatic heterocycles. The quantitative estimate of drug-likeness (QED) is 0.234. The third-order valence-electron chi connectivity index (χ3n) is 5.14. The standard InChI is InChI=1S/C25H17F2N4O6PS2/c1-35-24-8-4-18(14-30-24)23-7-9-25(39-23)40(33,34)31-15-38(32,36-19-5-2-16(12-28)21(26)10-19)37-20-6-3-17(13-29)22(27)11-20/h2-11,14,31H,15H2,1H3. The Labute approximate surface area is 231 Å². The van der Waals surface area contributed by atoms with Gasteiger partial charge in [-0.2, -0.15) is 15.2 Å². The second-order valence-corrected chi connectivity index (χ2v) is 12.8. The third kappa shape index (κ3) is 6.62. The first-order valence-electron chi connectivity index (χ1n) is 11.0. The van der Waals surface area contributed by atoms with Gasteiger partial charge in [0.1, 0.15) is 45.8 Å². The molecule has 0 radical (unpaired) electrons. The Hall–Kier alpha value is -4.33. The predicted octanol–water partition coefficient (Wildman–Crippen LogP) is 5.43. The lowest BCUT2D eigenvalue weighted by atomic mass is 10.2. The predicted molar refractivity (Wildman–Crippen MR) is 140 cm³/mol. The molecule has 0 aliphatic carbocycles. The van der Waals surface area contributed by atoms with E-state index in [4.69, 9.17) is 24.3 Å². The van der Waals surface area contributed by atoms with E-state index in [1.54, 1.807) is 30.3 Å². The molecular weight excluding hydrogens is 585 g/mol. The summed E-state index contributed by atoms with van der Waals surface area (Å²) in [6.07, 6.45) is 0.577. The van der Waals surface area contributed by atoms with Crippen molar-refractivity contribution in [2.24, 2.45) is 0 Å². The number of nitrogens with one attached hydrogen (secondary N) is 1. The van der Waals surface area contributed by atoms with E-state index in [-0.39, 0.29) is 26.8 Å². The number of nitrogens with zero attached hydrogens (tertiary/aromatic N) is 3. The fraction of sp³-hybridized carbons (Fsp3) is 0.0800. The van der Waals surface area contributed by atoms with Crippen molar-refractivity contribution in [3.05, 3.63) is 89.6 Å². The van der Waals surface area contributed by atoms with Crippen LogP contribution in [0.2, 0.25) is 0 Å². The summed E-state index contributed by atoms with van der Waals surface area (Å²) in [5, 5.41) is 17.9. The van der Waals surface area contributed by atoms with Gasteiger partial charge in [-0.1, -0.05) is 0 Å². The summed E-state index contributed by atoms with van der Waals surface area (Å²) in [7, 11) is -7.33. The highest BCUT2D eigenvalue weighted by Crippen LogP contribution is 2.48. The fourth-order valence-corrected chi connectivity index (χ4v) is 7.54. The van der Waals surface area contributed by atoms with E-state index in [9.17, 15) is 21.8 Å². The van der Waals surface area contributed by atoms with E-state index < -0.39 is 35.5 Å². The zero-order valence-corrected chi connectivity index (χ0v) is 22.9. The zero-order valence-electron chi connectivity index (χ0n) is 20.4. The molecule has 2 aromatic carbocycles. The maximum absolute atomic E-state index is 14.1. The van der Waals surface area contributed by atoms with Gasteiger partial charge < -0.3 is 13.8 Å².